The van der Waals surface area contributed by atoms with Crippen LogP contribution < -0.4 is 16.6 Å². The van der Waals surface area contributed by atoms with Crippen LogP contribution in [0.1, 0.15) is 37.9 Å². The molecule has 0 aromatic carbocycles. The maximum atomic E-state index is 11.7. The van der Waals surface area contributed by atoms with E-state index in [1.807, 2.05) is 0 Å². The van der Waals surface area contributed by atoms with E-state index in [4.69, 9.17) is 5.73 Å². The number of hydrogen-bond donors (Lipinski definition) is 3. The normalized spacial score (nSPS) is 17.3. The Morgan fingerprint density at radius 2 is 2.06 bits per heavy atom. The van der Waals surface area contributed by atoms with Crippen molar-refractivity contribution in [1.29, 1.82) is 0 Å². The first kappa shape index (κ1) is 11.0. The lowest BCUT2D eigenvalue weighted by Gasteiger charge is -2.23. The zero-order valence-electron chi connectivity index (χ0n) is 9.55. The molecular formula is C11H18N4O. The average molecular weight is 222 g/mol. The zero-order valence-corrected chi connectivity index (χ0v) is 9.55. The van der Waals surface area contributed by atoms with Gasteiger partial charge in [0.1, 0.15) is 11.5 Å². The standard InChI is InChI=1S/C11H18N4O/c1-7-13-10(12)9(11(16)14-7)15-8-5-3-2-4-6-8/h8,15H,2-6H2,1H3,(H3,12,13,14,16). The summed E-state index contributed by atoms with van der Waals surface area (Å²) in [6.07, 6.45) is 5.93. The molecule has 0 unspecified atom stereocenters. The van der Waals surface area contributed by atoms with E-state index in [1.165, 1.54) is 19.3 Å². The number of hydrogen-bond acceptors (Lipinski definition) is 4. The third kappa shape index (κ3) is 2.35. The Hall–Kier alpha value is -1.52. The molecule has 5 heteroatoms. The molecule has 16 heavy (non-hydrogen) atoms. The van der Waals surface area contributed by atoms with Crippen LogP contribution in [0.4, 0.5) is 11.5 Å². The Bertz CT molecular complexity index is 420. The van der Waals surface area contributed by atoms with Gasteiger partial charge in [-0.1, -0.05) is 19.3 Å². The van der Waals surface area contributed by atoms with Crippen molar-refractivity contribution < 1.29 is 0 Å². The van der Waals surface area contributed by atoms with Crippen LogP contribution in [0.25, 0.3) is 0 Å². The molecule has 0 spiro atoms. The maximum Gasteiger partial charge on any atom is 0.276 e. The number of aryl methyl sites for hydroxylation is 1. The Labute approximate surface area is 94.5 Å². The van der Waals surface area contributed by atoms with Gasteiger partial charge in [-0.2, -0.15) is 0 Å². The molecule has 5 nitrogen and oxygen atoms in total. The topological polar surface area (TPSA) is 83.8 Å². The van der Waals surface area contributed by atoms with Gasteiger partial charge in [0.15, 0.2) is 5.82 Å². The van der Waals surface area contributed by atoms with E-state index in [-0.39, 0.29) is 5.56 Å². The molecular weight excluding hydrogens is 204 g/mol. The first-order valence-electron chi connectivity index (χ1n) is 5.80. The van der Waals surface area contributed by atoms with Crippen LogP contribution in [0, 0.1) is 6.92 Å². The molecule has 1 aromatic rings. The summed E-state index contributed by atoms with van der Waals surface area (Å²) in [5.41, 5.74) is 6.00. The minimum absolute atomic E-state index is 0.171. The van der Waals surface area contributed by atoms with E-state index in [1.54, 1.807) is 6.92 Å². The molecule has 0 saturated heterocycles. The molecule has 2 rings (SSSR count). The molecule has 1 aromatic heterocycles. The van der Waals surface area contributed by atoms with Crippen molar-refractivity contribution in [2.24, 2.45) is 0 Å². The monoisotopic (exact) mass is 222 g/mol. The molecule has 88 valence electrons. The summed E-state index contributed by atoms with van der Waals surface area (Å²) < 4.78 is 0. The van der Waals surface area contributed by atoms with Gasteiger partial charge in [-0.15, -0.1) is 0 Å². The molecule has 0 atom stereocenters. The highest BCUT2D eigenvalue weighted by molar-refractivity contribution is 5.60. The third-order valence-corrected chi connectivity index (χ3v) is 3.02. The molecule has 1 aliphatic rings. The summed E-state index contributed by atoms with van der Waals surface area (Å²) in [4.78, 5) is 18.4. The fourth-order valence-corrected chi connectivity index (χ4v) is 2.20. The van der Waals surface area contributed by atoms with Gasteiger partial charge in [0, 0.05) is 6.04 Å². The highest BCUT2D eigenvalue weighted by Gasteiger charge is 2.16. The van der Waals surface area contributed by atoms with Crippen LogP contribution in [-0.4, -0.2) is 16.0 Å². The number of anilines is 2. The van der Waals surface area contributed by atoms with Gasteiger partial charge in [-0.3, -0.25) is 4.79 Å². The number of nitrogens with two attached hydrogens (primary N) is 1. The number of nitrogen functional groups attached to an aromatic ring is 1. The number of H-pyrrole nitrogens is 1. The number of aromatic amines is 1. The maximum absolute atomic E-state index is 11.7. The summed E-state index contributed by atoms with van der Waals surface area (Å²) >= 11 is 0. The minimum atomic E-state index is -0.171. The number of rotatable bonds is 2. The van der Waals surface area contributed by atoms with Crippen LogP contribution in [0.3, 0.4) is 0 Å². The Morgan fingerprint density at radius 3 is 2.69 bits per heavy atom. The van der Waals surface area contributed by atoms with Crippen LogP contribution in [0.2, 0.25) is 0 Å². The van der Waals surface area contributed by atoms with Crippen molar-refractivity contribution in [1.82, 2.24) is 9.97 Å². The minimum Gasteiger partial charge on any atom is -0.382 e. The number of aromatic nitrogens is 2. The SMILES string of the molecule is Cc1nc(N)c(NC2CCCCC2)c(=O)[nH]1. The molecule has 0 amide bonds. The lowest BCUT2D eigenvalue weighted by Crippen LogP contribution is -2.28. The molecule has 4 N–H and O–H groups in total. The van der Waals surface area contributed by atoms with E-state index in [9.17, 15) is 4.79 Å². The highest BCUT2D eigenvalue weighted by atomic mass is 16.1. The Morgan fingerprint density at radius 1 is 1.38 bits per heavy atom. The third-order valence-electron chi connectivity index (χ3n) is 3.02. The summed E-state index contributed by atoms with van der Waals surface area (Å²) in [6.45, 7) is 1.72. The molecule has 0 aliphatic heterocycles. The van der Waals surface area contributed by atoms with Crippen molar-refractivity contribution in [3.63, 3.8) is 0 Å². The van der Waals surface area contributed by atoms with Crippen molar-refractivity contribution in [2.75, 3.05) is 11.1 Å². The summed E-state index contributed by atoms with van der Waals surface area (Å²) in [7, 11) is 0. The van der Waals surface area contributed by atoms with E-state index in [2.05, 4.69) is 15.3 Å². The molecule has 0 radical (unpaired) electrons. The smallest absolute Gasteiger partial charge is 0.276 e. The molecule has 0 bridgehead atoms. The van der Waals surface area contributed by atoms with Crippen LogP contribution in [-0.2, 0) is 0 Å². The highest BCUT2D eigenvalue weighted by Crippen LogP contribution is 2.21. The summed E-state index contributed by atoms with van der Waals surface area (Å²) in [5, 5.41) is 3.21. The van der Waals surface area contributed by atoms with Gasteiger partial charge in [-0.25, -0.2) is 4.98 Å². The molecule has 1 fully saturated rings. The largest absolute Gasteiger partial charge is 0.382 e. The van der Waals surface area contributed by atoms with Crippen molar-refractivity contribution >= 4 is 11.5 Å². The van der Waals surface area contributed by atoms with E-state index in [0.29, 0.717) is 23.4 Å². The van der Waals surface area contributed by atoms with Gasteiger partial charge in [0.25, 0.3) is 5.56 Å². The lowest BCUT2D eigenvalue weighted by molar-refractivity contribution is 0.462. The second-order valence-corrected chi connectivity index (χ2v) is 4.39. The predicted octanol–water partition coefficient (Wildman–Crippen LogP) is 1.41. The predicted molar refractivity (Wildman–Crippen MR) is 64.5 cm³/mol. The van der Waals surface area contributed by atoms with E-state index >= 15 is 0 Å². The number of nitrogens with one attached hydrogen (secondary N) is 2. The van der Waals surface area contributed by atoms with Gasteiger partial charge in [0.05, 0.1) is 0 Å². The number of nitrogens with zero attached hydrogens (tertiary/aromatic N) is 1. The van der Waals surface area contributed by atoms with Crippen molar-refractivity contribution in [3.8, 4) is 0 Å². The Kier molecular flexibility index (Phi) is 3.12. The van der Waals surface area contributed by atoms with E-state index < -0.39 is 0 Å². The second-order valence-electron chi connectivity index (χ2n) is 4.39. The van der Waals surface area contributed by atoms with Crippen molar-refractivity contribution in [3.05, 3.63) is 16.2 Å². The summed E-state index contributed by atoms with van der Waals surface area (Å²) in [6, 6.07) is 0.363. The van der Waals surface area contributed by atoms with Gasteiger partial charge in [-0.05, 0) is 19.8 Å². The van der Waals surface area contributed by atoms with Gasteiger partial charge < -0.3 is 16.0 Å². The summed E-state index contributed by atoms with van der Waals surface area (Å²) in [5.74, 6) is 0.850. The second kappa shape index (κ2) is 4.55. The zero-order chi connectivity index (χ0) is 11.5. The van der Waals surface area contributed by atoms with Crippen LogP contribution in [0.15, 0.2) is 4.79 Å². The fourth-order valence-electron chi connectivity index (χ4n) is 2.20. The average Bonchev–Trinajstić information content (AvgIpc) is 2.25. The van der Waals surface area contributed by atoms with Gasteiger partial charge in [0.2, 0.25) is 0 Å². The molecule has 1 saturated carbocycles. The lowest BCUT2D eigenvalue weighted by atomic mass is 9.95. The van der Waals surface area contributed by atoms with E-state index in [0.717, 1.165) is 12.8 Å². The van der Waals surface area contributed by atoms with Crippen LogP contribution >= 0.6 is 0 Å². The first-order valence-corrected chi connectivity index (χ1v) is 5.80. The van der Waals surface area contributed by atoms with Crippen LogP contribution in [0.5, 0.6) is 0 Å². The molecule has 1 aliphatic carbocycles. The van der Waals surface area contributed by atoms with Gasteiger partial charge >= 0.3 is 0 Å². The molecule has 1 heterocycles. The Balaban J connectivity index is 2.17. The van der Waals surface area contributed by atoms with Crippen molar-refractivity contribution in [2.45, 2.75) is 45.1 Å². The first-order chi connectivity index (χ1) is 7.66. The fraction of sp³-hybridized carbons (Fsp3) is 0.636. The quantitative estimate of drug-likeness (QED) is 0.706.